The van der Waals surface area contributed by atoms with Crippen LogP contribution in [0, 0.1) is 5.95 Å². The maximum atomic E-state index is 13.0. The van der Waals surface area contributed by atoms with E-state index >= 15 is 0 Å². The predicted octanol–water partition coefficient (Wildman–Crippen LogP) is 1.06. The fraction of sp³-hybridized carbons (Fsp3) is 0.455. The Balaban J connectivity index is 2.26. The number of rotatable bonds is 2. The number of piperidine rings is 1. The molecule has 1 fully saturated rings. The third kappa shape index (κ3) is 2.13. The lowest BCUT2D eigenvalue weighted by molar-refractivity contribution is -0.119. The van der Waals surface area contributed by atoms with Crippen molar-refractivity contribution in [3.8, 4) is 0 Å². The first-order chi connectivity index (χ1) is 7.68. The number of primary amides is 1. The van der Waals surface area contributed by atoms with E-state index in [9.17, 15) is 9.18 Å². The Morgan fingerprint density at radius 3 is 3.06 bits per heavy atom. The number of hydrogen-bond donors (Lipinski definition) is 1. The molecule has 4 nitrogen and oxygen atoms in total. The van der Waals surface area contributed by atoms with E-state index in [1.54, 1.807) is 6.07 Å². The summed E-state index contributed by atoms with van der Waals surface area (Å²) in [5.74, 6) is -0.886. The van der Waals surface area contributed by atoms with E-state index in [0.717, 1.165) is 25.8 Å². The Labute approximate surface area is 93.3 Å². The Kier molecular flexibility index (Phi) is 3.03. The van der Waals surface area contributed by atoms with Gasteiger partial charge < -0.3 is 10.6 Å². The molecule has 0 spiro atoms. The SMILES string of the molecule is NC(=O)C1CCCCN1c1ccnc(F)c1. The molecular formula is C11H14FN3O. The van der Waals surface area contributed by atoms with Crippen LogP contribution in [-0.4, -0.2) is 23.5 Å². The van der Waals surface area contributed by atoms with Crippen molar-refractivity contribution in [3.63, 3.8) is 0 Å². The lowest BCUT2D eigenvalue weighted by Crippen LogP contribution is -2.47. The van der Waals surface area contributed by atoms with E-state index in [2.05, 4.69) is 4.98 Å². The summed E-state index contributed by atoms with van der Waals surface area (Å²) in [7, 11) is 0. The standard InChI is InChI=1S/C11H14FN3O/c12-10-7-8(4-5-14-10)15-6-2-1-3-9(15)11(13)16/h4-5,7,9H,1-3,6H2,(H2,13,16). The Hall–Kier alpha value is -1.65. The van der Waals surface area contributed by atoms with Crippen LogP contribution in [0.5, 0.6) is 0 Å². The molecule has 1 atom stereocenters. The average Bonchev–Trinajstić information content (AvgIpc) is 2.29. The van der Waals surface area contributed by atoms with Crippen LogP contribution in [0.1, 0.15) is 19.3 Å². The first-order valence-electron chi connectivity index (χ1n) is 5.36. The highest BCUT2D eigenvalue weighted by Gasteiger charge is 2.27. The van der Waals surface area contributed by atoms with Crippen molar-refractivity contribution in [2.24, 2.45) is 5.73 Å². The molecule has 86 valence electrons. The topological polar surface area (TPSA) is 59.2 Å². The molecule has 5 heteroatoms. The van der Waals surface area contributed by atoms with Crippen LogP contribution in [0.15, 0.2) is 18.3 Å². The lowest BCUT2D eigenvalue weighted by atomic mass is 10.0. The minimum absolute atomic E-state index is 0.324. The number of nitrogens with zero attached hydrogens (tertiary/aromatic N) is 2. The molecule has 2 rings (SSSR count). The first kappa shape index (κ1) is 10.9. The average molecular weight is 223 g/mol. The lowest BCUT2D eigenvalue weighted by Gasteiger charge is -2.35. The summed E-state index contributed by atoms with van der Waals surface area (Å²) in [6.07, 6.45) is 4.11. The first-order valence-corrected chi connectivity index (χ1v) is 5.36. The van der Waals surface area contributed by atoms with Gasteiger partial charge in [-0.3, -0.25) is 4.79 Å². The molecule has 1 aliphatic heterocycles. The van der Waals surface area contributed by atoms with Gasteiger partial charge in [0.1, 0.15) is 6.04 Å². The third-order valence-electron chi connectivity index (χ3n) is 2.87. The number of carbonyl (C=O) groups excluding carboxylic acids is 1. The van der Waals surface area contributed by atoms with Gasteiger partial charge in [-0.25, -0.2) is 4.98 Å². The van der Waals surface area contributed by atoms with E-state index < -0.39 is 5.95 Å². The molecule has 0 saturated carbocycles. The Morgan fingerprint density at radius 1 is 1.56 bits per heavy atom. The van der Waals surface area contributed by atoms with Crippen LogP contribution < -0.4 is 10.6 Å². The fourth-order valence-electron chi connectivity index (χ4n) is 2.11. The van der Waals surface area contributed by atoms with Crippen LogP contribution in [-0.2, 0) is 4.79 Å². The van der Waals surface area contributed by atoms with Crippen LogP contribution >= 0.6 is 0 Å². The quantitative estimate of drug-likeness (QED) is 0.763. The Bertz CT molecular complexity index is 397. The largest absolute Gasteiger partial charge is 0.368 e. The summed E-state index contributed by atoms with van der Waals surface area (Å²) in [6, 6.07) is 2.71. The molecule has 0 aromatic carbocycles. The number of carbonyl (C=O) groups is 1. The van der Waals surface area contributed by atoms with Gasteiger partial charge in [-0.2, -0.15) is 4.39 Å². The van der Waals surface area contributed by atoms with Crippen LogP contribution in [0.2, 0.25) is 0 Å². The van der Waals surface area contributed by atoms with Gasteiger partial charge in [0, 0.05) is 24.5 Å². The number of halogens is 1. The summed E-state index contributed by atoms with van der Waals surface area (Å²) in [4.78, 5) is 16.6. The molecular weight excluding hydrogens is 209 g/mol. The van der Waals surface area contributed by atoms with Crippen molar-refractivity contribution in [1.29, 1.82) is 0 Å². The third-order valence-corrected chi connectivity index (χ3v) is 2.87. The number of anilines is 1. The normalized spacial score (nSPS) is 20.8. The van der Waals surface area contributed by atoms with E-state index in [4.69, 9.17) is 5.73 Å². The molecule has 16 heavy (non-hydrogen) atoms. The van der Waals surface area contributed by atoms with Gasteiger partial charge in [0.2, 0.25) is 11.9 Å². The van der Waals surface area contributed by atoms with E-state index in [1.807, 2.05) is 4.90 Å². The van der Waals surface area contributed by atoms with Gasteiger partial charge in [0.25, 0.3) is 0 Å². The summed E-state index contributed by atoms with van der Waals surface area (Å²) in [5.41, 5.74) is 6.02. The van der Waals surface area contributed by atoms with Crippen molar-refractivity contribution in [2.75, 3.05) is 11.4 Å². The highest BCUT2D eigenvalue weighted by atomic mass is 19.1. The molecule has 1 saturated heterocycles. The summed E-state index contributed by atoms with van der Waals surface area (Å²) >= 11 is 0. The van der Waals surface area contributed by atoms with Crippen molar-refractivity contribution in [3.05, 3.63) is 24.3 Å². The molecule has 1 unspecified atom stereocenters. The Morgan fingerprint density at radius 2 is 2.38 bits per heavy atom. The molecule has 2 heterocycles. The second-order valence-corrected chi connectivity index (χ2v) is 3.94. The van der Waals surface area contributed by atoms with Gasteiger partial charge in [-0.05, 0) is 25.3 Å². The van der Waals surface area contributed by atoms with E-state index in [0.29, 0.717) is 5.69 Å². The van der Waals surface area contributed by atoms with Gasteiger partial charge in [-0.15, -0.1) is 0 Å². The van der Waals surface area contributed by atoms with Crippen LogP contribution in [0.4, 0.5) is 10.1 Å². The van der Waals surface area contributed by atoms with Gasteiger partial charge in [0.05, 0.1) is 0 Å². The molecule has 0 radical (unpaired) electrons. The van der Waals surface area contributed by atoms with Gasteiger partial charge in [-0.1, -0.05) is 0 Å². The van der Waals surface area contributed by atoms with Crippen molar-refractivity contribution in [2.45, 2.75) is 25.3 Å². The highest BCUT2D eigenvalue weighted by molar-refractivity contribution is 5.83. The van der Waals surface area contributed by atoms with Crippen LogP contribution in [0.25, 0.3) is 0 Å². The number of nitrogens with two attached hydrogens (primary N) is 1. The minimum atomic E-state index is -0.536. The van der Waals surface area contributed by atoms with Crippen molar-refractivity contribution in [1.82, 2.24) is 4.98 Å². The number of hydrogen-bond acceptors (Lipinski definition) is 3. The van der Waals surface area contributed by atoms with Crippen molar-refractivity contribution >= 4 is 11.6 Å². The smallest absolute Gasteiger partial charge is 0.240 e. The molecule has 1 aromatic rings. The second-order valence-electron chi connectivity index (χ2n) is 3.94. The molecule has 2 N–H and O–H groups in total. The fourth-order valence-corrected chi connectivity index (χ4v) is 2.11. The summed E-state index contributed by atoms with van der Waals surface area (Å²) < 4.78 is 13.0. The van der Waals surface area contributed by atoms with Crippen LogP contribution in [0.3, 0.4) is 0 Å². The predicted molar refractivity (Wildman–Crippen MR) is 58.4 cm³/mol. The monoisotopic (exact) mass is 223 g/mol. The molecule has 1 aromatic heterocycles. The van der Waals surface area contributed by atoms with Gasteiger partial charge >= 0.3 is 0 Å². The maximum Gasteiger partial charge on any atom is 0.240 e. The molecule has 1 amide bonds. The van der Waals surface area contributed by atoms with Crippen molar-refractivity contribution < 1.29 is 9.18 Å². The summed E-state index contributed by atoms with van der Waals surface area (Å²) in [5, 5.41) is 0. The number of amides is 1. The maximum absolute atomic E-state index is 13.0. The zero-order valence-electron chi connectivity index (χ0n) is 8.90. The van der Waals surface area contributed by atoms with E-state index in [1.165, 1.54) is 12.3 Å². The number of aromatic nitrogens is 1. The highest BCUT2D eigenvalue weighted by Crippen LogP contribution is 2.24. The zero-order chi connectivity index (χ0) is 11.5. The molecule has 0 bridgehead atoms. The summed E-state index contributed by atoms with van der Waals surface area (Å²) in [6.45, 7) is 0.733. The second kappa shape index (κ2) is 4.47. The van der Waals surface area contributed by atoms with E-state index in [-0.39, 0.29) is 11.9 Å². The number of pyridine rings is 1. The molecule has 1 aliphatic rings. The van der Waals surface area contributed by atoms with Gasteiger partial charge in [0.15, 0.2) is 0 Å². The molecule has 0 aliphatic carbocycles. The minimum Gasteiger partial charge on any atom is -0.368 e. The zero-order valence-corrected chi connectivity index (χ0v) is 8.90.